The molecule has 0 aliphatic heterocycles. The van der Waals surface area contributed by atoms with E-state index in [-0.39, 0.29) is 11.5 Å². The summed E-state index contributed by atoms with van der Waals surface area (Å²) in [7, 11) is 0. The SMILES string of the molecule is [2H]C(Nc1cc(Cl)c2ncc(C#N)c(NC3CC3(C)C)c2c1)(c1ccc(F)cc1)c1cn(C2CC2)nn1. The largest absolute Gasteiger partial charge is 0.380 e. The molecular weight excluding hydrogens is 477 g/mol. The molecule has 4 aromatic rings. The summed E-state index contributed by atoms with van der Waals surface area (Å²) in [6, 6.07) is 10.5. The summed E-state index contributed by atoms with van der Waals surface area (Å²) in [5.41, 5.74) is 3.20. The number of halogens is 2. The Morgan fingerprint density at radius 2 is 2.03 bits per heavy atom. The fraction of sp³-hybridized carbons (Fsp3) is 0.333. The smallest absolute Gasteiger partial charge is 0.123 e. The van der Waals surface area contributed by atoms with Crippen molar-refractivity contribution in [3.05, 3.63) is 76.5 Å². The van der Waals surface area contributed by atoms with E-state index in [2.05, 4.69) is 45.8 Å². The van der Waals surface area contributed by atoms with Crippen LogP contribution in [0, 0.1) is 22.6 Å². The van der Waals surface area contributed by atoms with Crippen molar-refractivity contribution in [3.8, 4) is 6.07 Å². The third-order valence-corrected chi connectivity index (χ3v) is 7.26. The Kier molecular flexibility index (Phi) is 5.07. The van der Waals surface area contributed by atoms with Crippen molar-refractivity contribution < 1.29 is 5.76 Å². The Morgan fingerprint density at radius 1 is 1.28 bits per heavy atom. The molecule has 0 amide bonds. The molecule has 2 aliphatic carbocycles. The van der Waals surface area contributed by atoms with E-state index in [9.17, 15) is 11.0 Å². The zero-order chi connectivity index (χ0) is 25.9. The van der Waals surface area contributed by atoms with Crippen LogP contribution in [0.25, 0.3) is 10.9 Å². The van der Waals surface area contributed by atoms with Gasteiger partial charge >= 0.3 is 0 Å². The molecule has 6 rings (SSSR count). The summed E-state index contributed by atoms with van der Waals surface area (Å²) in [5.74, 6) is -0.393. The molecule has 2 N–H and O–H groups in total. The molecular formula is C27H25ClFN7. The van der Waals surface area contributed by atoms with Crippen molar-refractivity contribution in [2.24, 2.45) is 5.41 Å². The normalized spacial score (nSPS) is 20.3. The molecule has 2 aliphatic rings. The lowest BCUT2D eigenvalue weighted by Gasteiger charge is -2.20. The molecule has 0 saturated heterocycles. The number of hydrogen-bond donors (Lipinski definition) is 2. The lowest BCUT2D eigenvalue weighted by molar-refractivity contribution is 0.610. The van der Waals surface area contributed by atoms with E-state index in [1.54, 1.807) is 29.1 Å². The van der Waals surface area contributed by atoms with Crippen LogP contribution in [0.4, 0.5) is 15.8 Å². The van der Waals surface area contributed by atoms with E-state index in [1.165, 1.54) is 18.3 Å². The maximum Gasteiger partial charge on any atom is 0.123 e. The number of pyridine rings is 1. The van der Waals surface area contributed by atoms with Crippen LogP contribution in [0.5, 0.6) is 0 Å². The molecule has 2 saturated carbocycles. The highest BCUT2D eigenvalue weighted by Gasteiger charge is 2.46. The second-order valence-electron chi connectivity index (χ2n) is 10.2. The summed E-state index contributed by atoms with van der Waals surface area (Å²) >= 11 is 6.68. The lowest BCUT2D eigenvalue weighted by atomic mass is 10.0. The Morgan fingerprint density at radius 3 is 2.69 bits per heavy atom. The number of nitrogens with zero attached hydrogens (tertiary/aromatic N) is 5. The van der Waals surface area contributed by atoms with Gasteiger partial charge in [-0.2, -0.15) is 5.26 Å². The first kappa shape index (κ1) is 21.6. The number of benzene rings is 2. The van der Waals surface area contributed by atoms with E-state index in [1.807, 2.05) is 6.07 Å². The number of rotatable bonds is 7. The van der Waals surface area contributed by atoms with E-state index < -0.39 is 11.8 Å². The van der Waals surface area contributed by atoms with Gasteiger partial charge in [0, 0.05) is 23.3 Å². The van der Waals surface area contributed by atoms with Crippen LogP contribution in [0.1, 0.15) is 63.4 Å². The van der Waals surface area contributed by atoms with Gasteiger partial charge in [0.1, 0.15) is 17.6 Å². The Bertz CT molecular complexity index is 1560. The highest BCUT2D eigenvalue weighted by atomic mass is 35.5. The monoisotopic (exact) mass is 502 g/mol. The minimum atomic E-state index is -1.58. The highest BCUT2D eigenvalue weighted by Crippen LogP contribution is 2.48. The lowest BCUT2D eigenvalue weighted by Crippen LogP contribution is -2.14. The van der Waals surface area contributed by atoms with Gasteiger partial charge in [0.05, 0.1) is 41.4 Å². The van der Waals surface area contributed by atoms with Gasteiger partial charge in [0.15, 0.2) is 0 Å². The maximum absolute atomic E-state index is 13.8. The van der Waals surface area contributed by atoms with Crippen LogP contribution in [0.3, 0.4) is 0 Å². The summed E-state index contributed by atoms with van der Waals surface area (Å²) in [6.45, 7) is 4.35. The van der Waals surface area contributed by atoms with Gasteiger partial charge in [-0.05, 0) is 54.5 Å². The highest BCUT2D eigenvalue weighted by molar-refractivity contribution is 6.35. The summed E-state index contributed by atoms with van der Waals surface area (Å²) in [5, 5.41) is 26.2. The molecule has 36 heavy (non-hydrogen) atoms. The number of aromatic nitrogens is 4. The van der Waals surface area contributed by atoms with E-state index >= 15 is 0 Å². The first-order valence-electron chi connectivity index (χ1n) is 12.4. The van der Waals surface area contributed by atoms with Crippen LogP contribution < -0.4 is 10.6 Å². The molecule has 7 nitrogen and oxygen atoms in total. The molecule has 2 heterocycles. The zero-order valence-electron chi connectivity index (χ0n) is 20.9. The van der Waals surface area contributed by atoms with Gasteiger partial charge in [-0.25, -0.2) is 9.07 Å². The van der Waals surface area contributed by atoms with Gasteiger partial charge in [0.2, 0.25) is 0 Å². The topological polar surface area (TPSA) is 91.5 Å². The number of nitrogens with one attached hydrogen (secondary N) is 2. The first-order chi connectivity index (χ1) is 17.7. The molecule has 2 fully saturated rings. The maximum atomic E-state index is 13.8. The molecule has 0 spiro atoms. The molecule has 2 aromatic heterocycles. The predicted octanol–water partition coefficient (Wildman–Crippen LogP) is 6.24. The van der Waals surface area contributed by atoms with Gasteiger partial charge in [-0.15, -0.1) is 5.10 Å². The summed E-state index contributed by atoms with van der Waals surface area (Å²) in [6.07, 6.45) is 6.34. The molecule has 2 atom stereocenters. The van der Waals surface area contributed by atoms with E-state index in [0.29, 0.717) is 50.2 Å². The Balaban J connectivity index is 1.46. The quantitative estimate of drug-likeness (QED) is 0.311. The van der Waals surface area contributed by atoms with Crippen LogP contribution in [-0.2, 0) is 0 Å². The van der Waals surface area contributed by atoms with E-state index in [4.69, 9.17) is 11.6 Å². The second-order valence-corrected chi connectivity index (χ2v) is 10.6. The second kappa shape index (κ2) is 8.45. The van der Waals surface area contributed by atoms with Crippen molar-refractivity contribution in [1.29, 1.82) is 5.26 Å². The van der Waals surface area contributed by atoms with Crippen LogP contribution in [0.15, 0.2) is 48.8 Å². The van der Waals surface area contributed by atoms with Gasteiger partial charge in [-0.3, -0.25) is 4.98 Å². The van der Waals surface area contributed by atoms with Gasteiger partial charge < -0.3 is 10.6 Å². The molecule has 0 radical (unpaired) electrons. The fourth-order valence-corrected chi connectivity index (χ4v) is 4.68. The number of fused-ring (bicyclic) bond motifs is 1. The average molecular weight is 503 g/mol. The predicted molar refractivity (Wildman–Crippen MR) is 137 cm³/mol. The summed E-state index contributed by atoms with van der Waals surface area (Å²) < 4.78 is 25.0. The Labute approximate surface area is 214 Å². The standard InChI is InChI=1S/C27H25ClFN7/c1-27(2)11-23(27)33-24-16(12-30)13-31-26-20(24)9-18(10-21(26)28)32-25(15-3-5-17(29)6-4-15)22-14-36(35-34-22)19-7-8-19/h3-6,9-10,13-14,19,23,25,32H,7-8,11H2,1-2H3,(H,31,33)/i25D. The number of nitriles is 1. The third kappa shape index (κ3) is 4.24. The number of anilines is 2. The van der Waals surface area contributed by atoms with Crippen LogP contribution in [0.2, 0.25) is 5.02 Å². The zero-order valence-corrected chi connectivity index (χ0v) is 20.6. The third-order valence-electron chi connectivity index (χ3n) is 6.97. The average Bonchev–Trinajstić information content (AvgIpc) is 3.75. The summed E-state index contributed by atoms with van der Waals surface area (Å²) in [4.78, 5) is 4.43. The number of hydrogen-bond acceptors (Lipinski definition) is 6. The fourth-order valence-electron chi connectivity index (χ4n) is 4.41. The molecule has 9 heteroatoms. The molecule has 182 valence electrons. The van der Waals surface area contributed by atoms with E-state index in [0.717, 1.165) is 19.3 Å². The first-order valence-corrected chi connectivity index (χ1v) is 12.3. The van der Waals surface area contributed by atoms with Gasteiger partial charge in [-0.1, -0.05) is 42.8 Å². The Hall–Kier alpha value is -3.70. The minimum Gasteiger partial charge on any atom is -0.380 e. The van der Waals surface area contributed by atoms with Gasteiger partial charge in [0.25, 0.3) is 0 Å². The van der Waals surface area contributed by atoms with Crippen molar-refractivity contribution in [1.82, 2.24) is 20.0 Å². The molecule has 2 aromatic carbocycles. The van der Waals surface area contributed by atoms with Crippen LogP contribution in [-0.4, -0.2) is 26.0 Å². The van der Waals surface area contributed by atoms with Crippen molar-refractivity contribution >= 4 is 33.9 Å². The van der Waals surface area contributed by atoms with Crippen molar-refractivity contribution in [3.63, 3.8) is 0 Å². The van der Waals surface area contributed by atoms with Crippen molar-refractivity contribution in [2.75, 3.05) is 10.6 Å². The van der Waals surface area contributed by atoms with Crippen molar-refractivity contribution in [2.45, 2.75) is 51.2 Å². The van der Waals surface area contributed by atoms with Crippen LogP contribution >= 0.6 is 11.6 Å². The molecule has 0 bridgehead atoms. The minimum absolute atomic E-state index is 0.133. The molecule has 2 unspecified atom stereocenters.